The maximum atomic E-state index is 12.2. The van der Waals surface area contributed by atoms with Gasteiger partial charge in [0.25, 0.3) is 0 Å². The van der Waals surface area contributed by atoms with Crippen LogP contribution < -0.4 is 10.5 Å². The predicted molar refractivity (Wildman–Crippen MR) is 87.5 cm³/mol. The second kappa shape index (κ2) is 6.74. The number of nitrogen functional groups attached to an aromatic ring is 1. The van der Waals surface area contributed by atoms with Crippen molar-refractivity contribution < 1.29 is 29.6 Å². The van der Waals surface area contributed by atoms with Crippen LogP contribution in [-0.2, 0) is 0 Å². The summed E-state index contributed by atoms with van der Waals surface area (Å²) in [6.07, 6.45) is 2.64. The van der Waals surface area contributed by atoms with Crippen molar-refractivity contribution in [2.45, 2.75) is 0 Å². The molecule has 0 amide bonds. The van der Waals surface area contributed by atoms with Crippen molar-refractivity contribution >= 4 is 23.5 Å². The van der Waals surface area contributed by atoms with E-state index in [1.54, 1.807) is 6.07 Å². The smallest absolute Gasteiger partial charge is 0.337 e. The minimum atomic E-state index is -1.34. The van der Waals surface area contributed by atoms with Gasteiger partial charge in [-0.15, -0.1) is 0 Å². The average Bonchev–Trinajstić information content (AvgIpc) is 2.55. The van der Waals surface area contributed by atoms with Crippen molar-refractivity contribution in [2.75, 3.05) is 12.8 Å². The van der Waals surface area contributed by atoms with E-state index in [4.69, 9.17) is 15.6 Å². The van der Waals surface area contributed by atoms with Gasteiger partial charge < -0.3 is 25.8 Å². The number of phenolic OH excluding ortho intramolecular Hbond substituents is 2. The van der Waals surface area contributed by atoms with Crippen LogP contribution >= 0.6 is 0 Å². The van der Waals surface area contributed by atoms with Gasteiger partial charge in [0, 0.05) is 5.56 Å². The summed E-state index contributed by atoms with van der Waals surface area (Å²) >= 11 is 0. The molecule has 7 nitrogen and oxygen atoms in total. The van der Waals surface area contributed by atoms with E-state index in [9.17, 15) is 19.8 Å². The van der Waals surface area contributed by atoms with Crippen molar-refractivity contribution in [3.05, 3.63) is 53.1 Å². The molecular formula is C17H15NO6. The number of rotatable bonds is 5. The lowest BCUT2D eigenvalue weighted by Crippen LogP contribution is -2.08. The molecule has 124 valence electrons. The number of phenols is 2. The van der Waals surface area contributed by atoms with Crippen LogP contribution in [0.2, 0.25) is 0 Å². The summed E-state index contributed by atoms with van der Waals surface area (Å²) in [7, 11) is 1.40. The van der Waals surface area contributed by atoms with Crippen molar-refractivity contribution in [3.8, 4) is 17.2 Å². The number of ether oxygens (including phenoxy) is 1. The van der Waals surface area contributed by atoms with Crippen LogP contribution in [0.3, 0.4) is 0 Å². The van der Waals surface area contributed by atoms with Gasteiger partial charge in [0.2, 0.25) is 0 Å². The van der Waals surface area contributed by atoms with E-state index in [1.807, 2.05) is 0 Å². The Hall–Kier alpha value is -3.48. The third kappa shape index (κ3) is 3.46. The lowest BCUT2D eigenvalue weighted by atomic mass is 10.0. The van der Waals surface area contributed by atoms with Crippen LogP contribution in [0.5, 0.6) is 17.2 Å². The second-order valence-electron chi connectivity index (χ2n) is 4.89. The average molecular weight is 329 g/mol. The Morgan fingerprint density at radius 3 is 2.42 bits per heavy atom. The number of anilines is 1. The number of benzene rings is 2. The number of carboxylic acids is 1. The number of ketones is 1. The maximum absolute atomic E-state index is 12.2. The molecule has 2 rings (SSSR count). The van der Waals surface area contributed by atoms with Crippen molar-refractivity contribution in [1.29, 1.82) is 0 Å². The summed E-state index contributed by atoms with van der Waals surface area (Å²) in [4.78, 5) is 23.3. The number of methoxy groups -OCH3 is 1. The number of carbonyl (C=O) groups excluding carboxylic acids is 1. The van der Waals surface area contributed by atoms with Gasteiger partial charge in [-0.05, 0) is 35.9 Å². The minimum absolute atomic E-state index is 0.0377. The van der Waals surface area contributed by atoms with E-state index in [0.29, 0.717) is 5.56 Å². The molecular weight excluding hydrogens is 314 g/mol. The van der Waals surface area contributed by atoms with E-state index in [0.717, 1.165) is 12.1 Å². The summed E-state index contributed by atoms with van der Waals surface area (Å²) in [6, 6.07) is 6.58. The first-order valence-electron chi connectivity index (χ1n) is 6.78. The Morgan fingerprint density at radius 2 is 1.79 bits per heavy atom. The fraction of sp³-hybridized carbons (Fsp3) is 0.0588. The fourth-order valence-electron chi connectivity index (χ4n) is 2.08. The lowest BCUT2D eigenvalue weighted by molar-refractivity contribution is 0.0697. The zero-order chi connectivity index (χ0) is 17.9. The van der Waals surface area contributed by atoms with Gasteiger partial charge in [-0.1, -0.05) is 12.1 Å². The molecule has 0 fully saturated rings. The second-order valence-corrected chi connectivity index (χ2v) is 4.89. The number of hydrogen-bond acceptors (Lipinski definition) is 6. The standard InChI is InChI=1S/C17H15NO6/c1-24-15-6-9(3-5-14(15)21)2-4-13(20)11-7-10(19)8-12(16(11)18)17(22)23/h2-8,19,21H,18H2,1H3,(H,22,23). The first-order chi connectivity index (χ1) is 11.3. The Labute approximate surface area is 137 Å². The zero-order valence-electron chi connectivity index (χ0n) is 12.7. The molecule has 0 unspecified atom stereocenters. The minimum Gasteiger partial charge on any atom is -0.508 e. The first-order valence-corrected chi connectivity index (χ1v) is 6.78. The van der Waals surface area contributed by atoms with Crippen LogP contribution in [0.4, 0.5) is 5.69 Å². The summed E-state index contributed by atoms with van der Waals surface area (Å²) in [5.41, 5.74) is 5.58. The predicted octanol–water partition coefficient (Wildman–Crippen LogP) is 2.28. The normalized spacial score (nSPS) is 10.7. The summed E-state index contributed by atoms with van der Waals surface area (Å²) in [6.45, 7) is 0. The highest BCUT2D eigenvalue weighted by atomic mass is 16.5. The topological polar surface area (TPSA) is 130 Å². The first kappa shape index (κ1) is 16.9. The van der Waals surface area contributed by atoms with E-state index in [-0.39, 0.29) is 34.1 Å². The third-order valence-electron chi connectivity index (χ3n) is 3.29. The lowest BCUT2D eigenvalue weighted by Gasteiger charge is -2.07. The van der Waals surface area contributed by atoms with Crippen molar-refractivity contribution in [1.82, 2.24) is 0 Å². The van der Waals surface area contributed by atoms with Crippen molar-refractivity contribution in [3.63, 3.8) is 0 Å². The van der Waals surface area contributed by atoms with E-state index < -0.39 is 11.8 Å². The molecule has 7 heteroatoms. The molecule has 24 heavy (non-hydrogen) atoms. The van der Waals surface area contributed by atoms with Crippen LogP contribution in [0.25, 0.3) is 6.08 Å². The number of carbonyl (C=O) groups is 2. The molecule has 0 aliphatic carbocycles. The summed E-state index contributed by atoms with van der Waals surface area (Å²) < 4.78 is 4.97. The summed E-state index contributed by atoms with van der Waals surface area (Å²) in [5, 5.41) is 28.1. The maximum Gasteiger partial charge on any atom is 0.337 e. The zero-order valence-corrected chi connectivity index (χ0v) is 12.7. The quantitative estimate of drug-likeness (QED) is 0.286. The highest BCUT2D eigenvalue weighted by Crippen LogP contribution is 2.28. The molecule has 2 aromatic rings. The largest absolute Gasteiger partial charge is 0.508 e. The van der Waals surface area contributed by atoms with Gasteiger partial charge in [0.1, 0.15) is 5.75 Å². The van der Waals surface area contributed by atoms with Crippen LogP contribution in [0, 0.1) is 0 Å². The fourth-order valence-corrected chi connectivity index (χ4v) is 2.08. The molecule has 0 spiro atoms. The van der Waals surface area contributed by atoms with Gasteiger partial charge in [-0.2, -0.15) is 0 Å². The van der Waals surface area contributed by atoms with Crippen LogP contribution in [0.1, 0.15) is 26.3 Å². The molecule has 2 aromatic carbocycles. The Bertz CT molecular complexity index is 841. The Balaban J connectivity index is 2.35. The molecule has 0 saturated carbocycles. The highest BCUT2D eigenvalue weighted by Gasteiger charge is 2.17. The molecule has 0 heterocycles. The number of nitrogens with two attached hydrogens (primary N) is 1. The molecule has 0 aliphatic heterocycles. The molecule has 0 atom stereocenters. The van der Waals surface area contributed by atoms with Gasteiger partial charge in [-0.25, -0.2) is 4.79 Å². The van der Waals surface area contributed by atoms with Crippen LogP contribution in [0.15, 0.2) is 36.4 Å². The van der Waals surface area contributed by atoms with Crippen LogP contribution in [-0.4, -0.2) is 34.2 Å². The van der Waals surface area contributed by atoms with E-state index in [1.165, 1.54) is 31.4 Å². The third-order valence-corrected chi connectivity index (χ3v) is 3.29. The highest BCUT2D eigenvalue weighted by molar-refractivity contribution is 6.13. The molecule has 0 radical (unpaired) electrons. The number of aromatic carboxylic acids is 1. The SMILES string of the molecule is COc1cc(C=CC(=O)c2cc(O)cc(C(=O)O)c2N)ccc1O. The molecule has 0 bridgehead atoms. The van der Waals surface area contributed by atoms with Gasteiger partial charge in [-0.3, -0.25) is 4.79 Å². The van der Waals surface area contributed by atoms with E-state index in [2.05, 4.69) is 0 Å². The van der Waals surface area contributed by atoms with Crippen molar-refractivity contribution in [2.24, 2.45) is 0 Å². The number of carboxylic acid groups (broad SMARTS) is 1. The van der Waals surface area contributed by atoms with Gasteiger partial charge in [0.15, 0.2) is 17.3 Å². The van der Waals surface area contributed by atoms with Gasteiger partial charge in [0.05, 0.1) is 18.4 Å². The monoisotopic (exact) mass is 329 g/mol. The number of aromatic hydroxyl groups is 2. The summed E-state index contributed by atoms with van der Waals surface area (Å²) in [5.74, 6) is -2.08. The van der Waals surface area contributed by atoms with Gasteiger partial charge >= 0.3 is 5.97 Å². The molecule has 0 aromatic heterocycles. The Morgan fingerprint density at radius 1 is 1.12 bits per heavy atom. The molecule has 0 aliphatic rings. The Kier molecular flexibility index (Phi) is 4.74. The number of hydrogen-bond donors (Lipinski definition) is 4. The number of allylic oxidation sites excluding steroid dienone is 1. The van der Waals surface area contributed by atoms with E-state index >= 15 is 0 Å². The molecule has 0 saturated heterocycles. The molecule has 5 N–H and O–H groups in total.